The second-order valence-electron chi connectivity index (χ2n) is 5.64. The smallest absolute Gasteiger partial charge is 0.212 e. The quantitative estimate of drug-likeness (QED) is 0.908. The van der Waals surface area contributed by atoms with E-state index in [1.807, 2.05) is 30.3 Å². The lowest BCUT2D eigenvalue weighted by atomic mass is 9.96. The van der Waals surface area contributed by atoms with Crippen molar-refractivity contribution >= 4 is 10.0 Å². The number of hydrogen-bond acceptors (Lipinski definition) is 2. The molecule has 0 aromatic heterocycles. The lowest BCUT2D eigenvalue weighted by Gasteiger charge is -2.22. The van der Waals surface area contributed by atoms with E-state index < -0.39 is 10.0 Å². The third-order valence-corrected chi connectivity index (χ3v) is 5.64. The Hall–Kier alpha value is -0.870. The second-order valence-corrected chi connectivity index (χ2v) is 7.40. The Morgan fingerprint density at radius 3 is 2.50 bits per heavy atom. The summed E-state index contributed by atoms with van der Waals surface area (Å²) in [5.74, 6) is 1.45. The third-order valence-electron chi connectivity index (χ3n) is 4.27. The van der Waals surface area contributed by atoms with Crippen molar-refractivity contribution in [2.24, 2.45) is 11.8 Å². The zero-order chi connectivity index (χ0) is 12.6. The summed E-state index contributed by atoms with van der Waals surface area (Å²) in [6.07, 6.45) is 4.75. The minimum Gasteiger partial charge on any atom is -0.212 e. The molecule has 0 heterocycles. The maximum Gasteiger partial charge on any atom is 0.216 e. The van der Waals surface area contributed by atoms with Crippen LogP contribution in [0.1, 0.15) is 31.2 Å². The minimum atomic E-state index is -3.19. The van der Waals surface area contributed by atoms with Crippen LogP contribution >= 0.6 is 0 Å². The first kappa shape index (κ1) is 12.2. The van der Waals surface area contributed by atoms with Crippen LogP contribution in [0.2, 0.25) is 0 Å². The van der Waals surface area contributed by atoms with Gasteiger partial charge in [0.25, 0.3) is 0 Å². The molecule has 0 amide bonds. The van der Waals surface area contributed by atoms with Crippen LogP contribution in [0.3, 0.4) is 0 Å². The fraction of sp³-hybridized carbons (Fsp3) is 0.571. The van der Waals surface area contributed by atoms with E-state index in [-0.39, 0.29) is 11.8 Å². The predicted molar refractivity (Wildman–Crippen MR) is 71.4 cm³/mol. The van der Waals surface area contributed by atoms with Gasteiger partial charge in [-0.25, -0.2) is 13.1 Å². The molecule has 0 radical (unpaired) electrons. The minimum absolute atomic E-state index is 0.0989. The van der Waals surface area contributed by atoms with Gasteiger partial charge in [0.1, 0.15) is 0 Å². The van der Waals surface area contributed by atoms with Crippen molar-refractivity contribution in [1.29, 1.82) is 0 Å². The highest BCUT2D eigenvalue weighted by Crippen LogP contribution is 2.44. The van der Waals surface area contributed by atoms with Crippen LogP contribution in [0.25, 0.3) is 0 Å². The molecule has 2 fully saturated rings. The van der Waals surface area contributed by atoms with Gasteiger partial charge in [-0.3, -0.25) is 0 Å². The Morgan fingerprint density at radius 1 is 1.11 bits per heavy atom. The first-order valence-electron chi connectivity index (χ1n) is 6.66. The number of benzene rings is 1. The Bertz CT molecular complexity index is 512. The molecule has 0 unspecified atom stereocenters. The highest BCUT2D eigenvalue weighted by atomic mass is 32.2. The molecule has 1 aromatic rings. The molecule has 2 saturated carbocycles. The van der Waals surface area contributed by atoms with Crippen LogP contribution in [-0.2, 0) is 15.8 Å². The maximum absolute atomic E-state index is 12.1. The molecule has 4 heteroatoms. The summed E-state index contributed by atoms with van der Waals surface area (Å²) in [6.45, 7) is 0. The summed E-state index contributed by atoms with van der Waals surface area (Å²) in [6, 6.07) is 9.57. The van der Waals surface area contributed by atoms with Crippen LogP contribution < -0.4 is 4.72 Å². The number of rotatable bonds is 4. The lowest BCUT2D eigenvalue weighted by Crippen LogP contribution is -2.39. The van der Waals surface area contributed by atoms with Gasteiger partial charge in [-0.05, 0) is 36.7 Å². The molecule has 18 heavy (non-hydrogen) atoms. The fourth-order valence-corrected chi connectivity index (χ4v) is 4.92. The monoisotopic (exact) mass is 265 g/mol. The van der Waals surface area contributed by atoms with Gasteiger partial charge in [-0.1, -0.05) is 36.8 Å². The Labute approximate surface area is 109 Å². The molecule has 0 aliphatic heterocycles. The number of nitrogens with one attached hydrogen (secondary N) is 1. The van der Waals surface area contributed by atoms with E-state index >= 15 is 0 Å². The van der Waals surface area contributed by atoms with Crippen molar-refractivity contribution in [2.75, 3.05) is 0 Å². The summed E-state index contributed by atoms with van der Waals surface area (Å²) in [7, 11) is -3.19. The van der Waals surface area contributed by atoms with Crippen LogP contribution in [0.15, 0.2) is 30.3 Å². The topological polar surface area (TPSA) is 46.2 Å². The SMILES string of the molecule is O=S(=O)(Cc1ccccc1)N[C@H]1C[C@H]2CC[C@@H]1C2. The average Bonchev–Trinajstić information content (AvgIpc) is 2.90. The summed E-state index contributed by atoms with van der Waals surface area (Å²) >= 11 is 0. The molecule has 0 saturated heterocycles. The van der Waals surface area contributed by atoms with Gasteiger partial charge < -0.3 is 0 Å². The molecule has 2 aliphatic rings. The van der Waals surface area contributed by atoms with Gasteiger partial charge in [-0.15, -0.1) is 0 Å². The number of sulfonamides is 1. The van der Waals surface area contributed by atoms with Crippen molar-refractivity contribution < 1.29 is 8.42 Å². The molecule has 0 spiro atoms. The highest BCUT2D eigenvalue weighted by Gasteiger charge is 2.40. The van der Waals surface area contributed by atoms with Crippen molar-refractivity contribution in [1.82, 2.24) is 4.72 Å². The van der Waals surface area contributed by atoms with E-state index in [0.717, 1.165) is 17.9 Å². The Kier molecular flexibility index (Phi) is 3.16. The van der Waals surface area contributed by atoms with E-state index in [2.05, 4.69) is 4.72 Å². The van der Waals surface area contributed by atoms with Crippen LogP contribution in [-0.4, -0.2) is 14.5 Å². The van der Waals surface area contributed by atoms with E-state index in [1.165, 1.54) is 19.3 Å². The van der Waals surface area contributed by atoms with Crippen LogP contribution in [0, 0.1) is 11.8 Å². The summed E-state index contributed by atoms with van der Waals surface area (Å²) in [5, 5.41) is 0. The molecule has 2 bridgehead atoms. The highest BCUT2D eigenvalue weighted by molar-refractivity contribution is 7.88. The molecule has 2 aliphatic carbocycles. The van der Waals surface area contributed by atoms with Crippen molar-refractivity contribution in [2.45, 2.75) is 37.5 Å². The van der Waals surface area contributed by atoms with E-state index in [1.54, 1.807) is 0 Å². The Morgan fingerprint density at radius 2 is 1.89 bits per heavy atom. The summed E-state index contributed by atoms with van der Waals surface area (Å²) in [4.78, 5) is 0. The maximum atomic E-state index is 12.1. The zero-order valence-corrected chi connectivity index (χ0v) is 11.2. The normalized spacial score (nSPS) is 30.8. The molecule has 3 atom stereocenters. The average molecular weight is 265 g/mol. The first-order chi connectivity index (χ1) is 8.62. The molecule has 1 aromatic carbocycles. The standard InChI is InChI=1S/C14H19NO2S/c16-18(17,10-11-4-2-1-3-5-11)15-14-9-12-6-7-13(14)8-12/h1-5,12-15H,6-10H2/t12-,13+,14-/m0/s1. The summed E-state index contributed by atoms with van der Waals surface area (Å²) in [5.41, 5.74) is 0.855. The van der Waals surface area contributed by atoms with Gasteiger partial charge in [0.05, 0.1) is 5.75 Å². The molecule has 3 rings (SSSR count). The van der Waals surface area contributed by atoms with E-state index in [9.17, 15) is 8.42 Å². The molecule has 1 N–H and O–H groups in total. The van der Waals surface area contributed by atoms with Gasteiger partial charge in [0, 0.05) is 6.04 Å². The van der Waals surface area contributed by atoms with Crippen LogP contribution in [0.5, 0.6) is 0 Å². The molecular formula is C14H19NO2S. The lowest BCUT2D eigenvalue weighted by molar-refractivity contribution is 0.390. The zero-order valence-electron chi connectivity index (χ0n) is 10.4. The molecular weight excluding hydrogens is 246 g/mol. The van der Waals surface area contributed by atoms with E-state index in [4.69, 9.17) is 0 Å². The third kappa shape index (κ3) is 2.59. The van der Waals surface area contributed by atoms with Crippen molar-refractivity contribution in [3.8, 4) is 0 Å². The van der Waals surface area contributed by atoms with Gasteiger partial charge in [0.2, 0.25) is 10.0 Å². The van der Waals surface area contributed by atoms with Crippen molar-refractivity contribution in [3.63, 3.8) is 0 Å². The second kappa shape index (κ2) is 4.67. The van der Waals surface area contributed by atoms with Gasteiger partial charge >= 0.3 is 0 Å². The molecule has 3 nitrogen and oxygen atoms in total. The first-order valence-corrected chi connectivity index (χ1v) is 8.31. The van der Waals surface area contributed by atoms with Crippen molar-refractivity contribution in [3.05, 3.63) is 35.9 Å². The molecule has 98 valence electrons. The van der Waals surface area contributed by atoms with Gasteiger partial charge in [-0.2, -0.15) is 0 Å². The largest absolute Gasteiger partial charge is 0.216 e. The Balaban J connectivity index is 1.65. The number of fused-ring (bicyclic) bond motifs is 2. The number of hydrogen-bond donors (Lipinski definition) is 1. The van der Waals surface area contributed by atoms with E-state index in [0.29, 0.717) is 5.92 Å². The summed E-state index contributed by atoms with van der Waals surface area (Å²) < 4.78 is 27.1. The predicted octanol–water partition coefficient (Wildman–Crippen LogP) is 2.29. The fourth-order valence-electron chi connectivity index (χ4n) is 3.46. The van der Waals surface area contributed by atoms with Crippen LogP contribution in [0.4, 0.5) is 0 Å². The van der Waals surface area contributed by atoms with Gasteiger partial charge in [0.15, 0.2) is 0 Å².